The highest BCUT2D eigenvalue weighted by molar-refractivity contribution is 5.86. The van der Waals surface area contributed by atoms with Crippen molar-refractivity contribution in [3.63, 3.8) is 0 Å². The number of ketones is 1. The van der Waals surface area contributed by atoms with Crippen LogP contribution in [0.2, 0.25) is 0 Å². The molecule has 2 aromatic rings. The van der Waals surface area contributed by atoms with Gasteiger partial charge in [-0.05, 0) is 5.92 Å². The number of anilines is 1. The fraction of sp³-hybridized carbons (Fsp3) is 0.500. The predicted molar refractivity (Wildman–Crippen MR) is 82.0 cm³/mol. The zero-order valence-electron chi connectivity index (χ0n) is 12.7. The Morgan fingerprint density at radius 2 is 2.26 bits per heavy atom. The third kappa shape index (κ3) is 3.08. The topological polar surface area (TPSA) is 124 Å². The summed E-state index contributed by atoms with van der Waals surface area (Å²) in [4.78, 5) is 33.3. The molecule has 2 atom stereocenters. The molecule has 1 saturated heterocycles. The molecule has 0 spiro atoms. The van der Waals surface area contributed by atoms with E-state index in [1.807, 2.05) is 6.92 Å². The van der Waals surface area contributed by atoms with Crippen molar-refractivity contribution in [3.8, 4) is 0 Å². The number of aromatic nitrogens is 4. The number of aromatic amines is 1. The van der Waals surface area contributed by atoms with E-state index in [1.54, 1.807) is 6.20 Å². The quantitative estimate of drug-likeness (QED) is 0.750. The van der Waals surface area contributed by atoms with Crippen molar-refractivity contribution in [3.05, 3.63) is 12.4 Å². The first kappa shape index (κ1) is 15.2. The maximum absolute atomic E-state index is 12.4. The number of rotatable bonds is 5. The number of fused-ring (bicyclic) bond motifs is 1. The van der Waals surface area contributed by atoms with Gasteiger partial charge in [-0.3, -0.25) is 9.89 Å². The summed E-state index contributed by atoms with van der Waals surface area (Å²) in [6, 6.07) is 0. The molecular weight excluding hydrogens is 300 g/mol. The molecule has 9 heteroatoms. The number of carbonyl (C=O) groups excluding carboxylic acids is 1. The molecule has 122 valence electrons. The van der Waals surface area contributed by atoms with E-state index in [9.17, 15) is 9.59 Å². The lowest BCUT2D eigenvalue weighted by atomic mass is 9.90. The van der Waals surface area contributed by atoms with Crippen molar-refractivity contribution in [2.75, 3.05) is 25.0 Å². The molecule has 0 bridgehead atoms. The standard InChI is InChI=1S/C14H18N6O3/c1-2-8-6-20(14(22)23)7-9(8)11(21)4-15-12-5-16-13-10(18-12)3-17-19-13/h3,5,8-9H,2,4,6-7H2,1H3,(H,15,18)(H,22,23)(H,16,17,19)/t8-,9+/m0/s1. The van der Waals surface area contributed by atoms with Crippen LogP contribution in [0.15, 0.2) is 12.4 Å². The second-order valence-electron chi connectivity index (χ2n) is 5.64. The average Bonchev–Trinajstić information content (AvgIpc) is 3.18. The van der Waals surface area contributed by atoms with E-state index in [4.69, 9.17) is 5.11 Å². The van der Waals surface area contributed by atoms with Gasteiger partial charge in [0.15, 0.2) is 11.4 Å². The van der Waals surface area contributed by atoms with Gasteiger partial charge in [0.05, 0.1) is 18.9 Å². The van der Waals surface area contributed by atoms with Gasteiger partial charge in [0.1, 0.15) is 11.3 Å². The Kier molecular flexibility index (Phi) is 4.09. The third-order valence-electron chi connectivity index (χ3n) is 4.25. The number of carbonyl (C=O) groups is 2. The molecular formula is C14H18N6O3. The molecule has 1 aliphatic rings. The average molecular weight is 318 g/mol. The largest absolute Gasteiger partial charge is 0.465 e. The van der Waals surface area contributed by atoms with Crippen LogP contribution in [-0.4, -0.2) is 61.7 Å². The minimum Gasteiger partial charge on any atom is -0.465 e. The summed E-state index contributed by atoms with van der Waals surface area (Å²) >= 11 is 0. The van der Waals surface area contributed by atoms with Gasteiger partial charge in [0.25, 0.3) is 0 Å². The Labute approximate surface area is 132 Å². The Bertz CT molecular complexity index is 730. The third-order valence-corrected chi connectivity index (χ3v) is 4.25. The summed E-state index contributed by atoms with van der Waals surface area (Å²) in [5, 5.41) is 18.6. The lowest BCUT2D eigenvalue weighted by molar-refractivity contribution is -0.121. The molecule has 3 N–H and O–H groups in total. The highest BCUT2D eigenvalue weighted by Crippen LogP contribution is 2.27. The number of nitrogens with zero attached hydrogens (tertiary/aromatic N) is 4. The Hall–Kier alpha value is -2.71. The maximum atomic E-state index is 12.4. The Morgan fingerprint density at radius 1 is 1.43 bits per heavy atom. The fourth-order valence-electron chi connectivity index (χ4n) is 2.93. The molecule has 3 heterocycles. The minimum absolute atomic E-state index is 0.00492. The number of likely N-dealkylation sites (tertiary alicyclic amines) is 1. The van der Waals surface area contributed by atoms with Gasteiger partial charge in [0, 0.05) is 19.0 Å². The summed E-state index contributed by atoms with van der Waals surface area (Å²) in [6.45, 7) is 2.76. The van der Waals surface area contributed by atoms with Crippen molar-refractivity contribution in [1.82, 2.24) is 25.1 Å². The molecule has 9 nitrogen and oxygen atoms in total. The summed E-state index contributed by atoms with van der Waals surface area (Å²) in [5.41, 5.74) is 1.20. The Morgan fingerprint density at radius 3 is 3.00 bits per heavy atom. The van der Waals surface area contributed by atoms with Crippen LogP contribution >= 0.6 is 0 Å². The van der Waals surface area contributed by atoms with Gasteiger partial charge < -0.3 is 15.3 Å². The van der Waals surface area contributed by atoms with E-state index in [0.29, 0.717) is 23.5 Å². The SMILES string of the molecule is CC[C@H]1CN(C(=O)O)C[C@H]1C(=O)CNc1cnc2[nH]ncc2n1. The number of H-pyrrole nitrogens is 1. The van der Waals surface area contributed by atoms with Crippen LogP contribution in [0.25, 0.3) is 11.2 Å². The predicted octanol–water partition coefficient (Wildman–Crippen LogP) is 0.970. The molecule has 0 saturated carbocycles. The zero-order valence-corrected chi connectivity index (χ0v) is 12.7. The molecule has 0 aromatic carbocycles. The van der Waals surface area contributed by atoms with Crippen LogP contribution in [0.4, 0.5) is 10.6 Å². The number of Topliss-reactive ketones (excluding diaryl/α,β-unsaturated/α-hetero) is 1. The molecule has 1 amide bonds. The van der Waals surface area contributed by atoms with Gasteiger partial charge in [-0.25, -0.2) is 14.8 Å². The summed E-state index contributed by atoms with van der Waals surface area (Å²) in [5.74, 6) is 0.292. The first-order valence-electron chi connectivity index (χ1n) is 7.49. The van der Waals surface area contributed by atoms with Gasteiger partial charge in [-0.1, -0.05) is 13.3 Å². The van der Waals surface area contributed by atoms with Crippen LogP contribution in [0.5, 0.6) is 0 Å². The van der Waals surface area contributed by atoms with Crippen LogP contribution in [0.1, 0.15) is 13.3 Å². The van der Waals surface area contributed by atoms with Gasteiger partial charge >= 0.3 is 6.09 Å². The van der Waals surface area contributed by atoms with E-state index >= 15 is 0 Å². The van der Waals surface area contributed by atoms with Crippen molar-refractivity contribution >= 4 is 28.9 Å². The van der Waals surface area contributed by atoms with E-state index in [0.717, 1.165) is 6.42 Å². The summed E-state index contributed by atoms with van der Waals surface area (Å²) < 4.78 is 0. The van der Waals surface area contributed by atoms with E-state index in [2.05, 4.69) is 25.5 Å². The highest BCUT2D eigenvalue weighted by Gasteiger charge is 2.38. The normalized spacial score (nSPS) is 20.8. The fourth-order valence-corrected chi connectivity index (χ4v) is 2.93. The number of hydrogen-bond donors (Lipinski definition) is 3. The molecule has 0 radical (unpaired) electrons. The number of nitrogens with one attached hydrogen (secondary N) is 2. The van der Waals surface area contributed by atoms with E-state index in [1.165, 1.54) is 11.1 Å². The van der Waals surface area contributed by atoms with Gasteiger partial charge in [0.2, 0.25) is 0 Å². The lowest BCUT2D eigenvalue weighted by Crippen LogP contribution is -2.30. The zero-order chi connectivity index (χ0) is 16.4. The number of amides is 1. The summed E-state index contributed by atoms with van der Waals surface area (Å²) in [7, 11) is 0. The molecule has 0 aliphatic carbocycles. The number of carboxylic acid groups (broad SMARTS) is 1. The monoisotopic (exact) mass is 318 g/mol. The second-order valence-corrected chi connectivity index (χ2v) is 5.64. The minimum atomic E-state index is -0.969. The van der Waals surface area contributed by atoms with E-state index < -0.39 is 6.09 Å². The second kappa shape index (κ2) is 6.19. The van der Waals surface area contributed by atoms with E-state index in [-0.39, 0.29) is 30.7 Å². The number of hydrogen-bond acceptors (Lipinski definition) is 6. The van der Waals surface area contributed by atoms with Crippen molar-refractivity contribution in [1.29, 1.82) is 0 Å². The van der Waals surface area contributed by atoms with Crippen LogP contribution in [-0.2, 0) is 4.79 Å². The molecule has 3 rings (SSSR count). The van der Waals surface area contributed by atoms with Crippen LogP contribution < -0.4 is 5.32 Å². The van der Waals surface area contributed by atoms with Crippen LogP contribution in [0.3, 0.4) is 0 Å². The maximum Gasteiger partial charge on any atom is 0.407 e. The smallest absolute Gasteiger partial charge is 0.407 e. The van der Waals surface area contributed by atoms with Crippen molar-refractivity contribution in [2.24, 2.45) is 11.8 Å². The summed E-state index contributed by atoms with van der Waals surface area (Å²) in [6.07, 6.45) is 2.90. The molecule has 2 aromatic heterocycles. The highest BCUT2D eigenvalue weighted by atomic mass is 16.4. The molecule has 1 aliphatic heterocycles. The van der Waals surface area contributed by atoms with Gasteiger partial charge in [-0.15, -0.1) is 0 Å². The van der Waals surface area contributed by atoms with Crippen molar-refractivity contribution in [2.45, 2.75) is 13.3 Å². The molecule has 0 unspecified atom stereocenters. The first-order chi connectivity index (χ1) is 11.1. The molecule has 23 heavy (non-hydrogen) atoms. The first-order valence-corrected chi connectivity index (χ1v) is 7.49. The van der Waals surface area contributed by atoms with Crippen LogP contribution in [0, 0.1) is 11.8 Å². The van der Waals surface area contributed by atoms with Crippen molar-refractivity contribution < 1.29 is 14.7 Å². The lowest BCUT2D eigenvalue weighted by Gasteiger charge is -2.15. The molecule has 1 fully saturated rings. The van der Waals surface area contributed by atoms with Gasteiger partial charge in [-0.2, -0.15) is 5.10 Å². The Balaban J connectivity index is 1.63.